The molecule has 4 nitrogen and oxygen atoms in total. The van der Waals surface area contributed by atoms with E-state index in [2.05, 4.69) is 4.74 Å². The molecule has 0 bridgehead atoms. The van der Waals surface area contributed by atoms with Crippen LogP contribution in [0.15, 0.2) is 11.6 Å². The highest BCUT2D eigenvalue weighted by atomic mass is 16.6. The zero-order chi connectivity index (χ0) is 10.4. The minimum Gasteiger partial charge on any atom is -0.478 e. The molecule has 0 spiro atoms. The highest BCUT2D eigenvalue weighted by Crippen LogP contribution is 2.03. The Morgan fingerprint density at radius 1 is 1.38 bits per heavy atom. The summed E-state index contributed by atoms with van der Waals surface area (Å²) in [5.74, 6) is -1.69. The summed E-state index contributed by atoms with van der Waals surface area (Å²) >= 11 is 0. The first-order chi connectivity index (χ1) is 5.93. The van der Waals surface area contributed by atoms with Crippen molar-refractivity contribution >= 4 is 11.9 Å². The number of rotatable bonds is 4. The van der Waals surface area contributed by atoms with Gasteiger partial charge >= 0.3 is 11.9 Å². The number of hydrogen-bond acceptors (Lipinski definition) is 3. The number of aliphatic carboxylic acids is 1. The van der Waals surface area contributed by atoms with Crippen molar-refractivity contribution in [3.8, 4) is 0 Å². The van der Waals surface area contributed by atoms with E-state index in [0.717, 1.165) is 5.57 Å². The number of ether oxygens (including phenoxy) is 1. The second-order valence-corrected chi connectivity index (χ2v) is 2.95. The maximum atomic E-state index is 10.5. The van der Waals surface area contributed by atoms with Gasteiger partial charge in [0, 0.05) is 13.3 Å². The smallest absolute Gasteiger partial charge is 0.345 e. The lowest BCUT2D eigenvalue weighted by Crippen LogP contribution is -2.25. The number of hydrogen-bond donors (Lipinski definition) is 1. The van der Waals surface area contributed by atoms with Crippen molar-refractivity contribution < 1.29 is 19.4 Å². The Morgan fingerprint density at radius 2 is 1.92 bits per heavy atom. The molecule has 1 atom stereocenters. The van der Waals surface area contributed by atoms with E-state index >= 15 is 0 Å². The van der Waals surface area contributed by atoms with Crippen LogP contribution < -0.4 is 0 Å². The van der Waals surface area contributed by atoms with Crippen LogP contribution in [0.2, 0.25) is 0 Å². The molecular formula is C9H14O4. The van der Waals surface area contributed by atoms with E-state index in [1.807, 2.05) is 13.8 Å². The molecule has 0 aliphatic heterocycles. The average molecular weight is 186 g/mol. The minimum atomic E-state index is -1.12. The van der Waals surface area contributed by atoms with Gasteiger partial charge < -0.3 is 9.84 Å². The summed E-state index contributed by atoms with van der Waals surface area (Å²) in [6, 6.07) is 0. The van der Waals surface area contributed by atoms with Crippen LogP contribution in [0.4, 0.5) is 0 Å². The molecule has 0 aliphatic carbocycles. The molecule has 0 rings (SSSR count). The zero-order valence-electron chi connectivity index (χ0n) is 8.03. The predicted molar refractivity (Wildman–Crippen MR) is 47.2 cm³/mol. The largest absolute Gasteiger partial charge is 0.478 e. The fourth-order valence-corrected chi connectivity index (χ4v) is 0.742. The summed E-state index contributed by atoms with van der Waals surface area (Å²) in [5, 5.41) is 8.63. The summed E-state index contributed by atoms with van der Waals surface area (Å²) in [6.07, 6.45) is 0.881. The van der Waals surface area contributed by atoms with Gasteiger partial charge in [0.15, 0.2) is 0 Å². The fourth-order valence-electron chi connectivity index (χ4n) is 0.742. The average Bonchev–Trinajstić information content (AvgIpc) is 1.96. The van der Waals surface area contributed by atoms with Gasteiger partial charge in [0.25, 0.3) is 0 Å². The molecule has 4 heteroatoms. The van der Waals surface area contributed by atoms with E-state index in [-0.39, 0.29) is 6.42 Å². The third-order valence-electron chi connectivity index (χ3n) is 1.32. The van der Waals surface area contributed by atoms with E-state index in [9.17, 15) is 9.59 Å². The maximum Gasteiger partial charge on any atom is 0.345 e. The molecule has 1 unspecified atom stereocenters. The standard InChI is InChI=1S/C9H14O4/c1-6(2)4-5-8(9(11)12)13-7(3)10/h4,8H,5H2,1-3H3,(H,11,12). The van der Waals surface area contributed by atoms with Crippen LogP contribution in [0, 0.1) is 0 Å². The molecule has 74 valence electrons. The monoisotopic (exact) mass is 186 g/mol. The second kappa shape index (κ2) is 5.35. The maximum absolute atomic E-state index is 10.5. The third kappa shape index (κ3) is 5.90. The normalized spacial score (nSPS) is 11.6. The van der Waals surface area contributed by atoms with Crippen LogP contribution in [0.5, 0.6) is 0 Å². The SMILES string of the molecule is CC(=O)OC(CC=C(C)C)C(=O)O. The van der Waals surface area contributed by atoms with Gasteiger partial charge in [-0.1, -0.05) is 11.6 Å². The van der Waals surface area contributed by atoms with Crippen molar-refractivity contribution in [2.45, 2.75) is 33.3 Å². The Balaban J connectivity index is 4.19. The first-order valence-corrected chi connectivity index (χ1v) is 3.97. The Morgan fingerprint density at radius 3 is 2.23 bits per heavy atom. The van der Waals surface area contributed by atoms with Gasteiger partial charge in [-0.3, -0.25) is 4.79 Å². The lowest BCUT2D eigenvalue weighted by molar-refractivity contribution is -0.162. The predicted octanol–water partition coefficient (Wildman–Crippen LogP) is 1.36. The number of carbonyl (C=O) groups excluding carboxylic acids is 1. The summed E-state index contributed by atoms with van der Waals surface area (Å²) in [7, 11) is 0. The molecule has 0 saturated heterocycles. The molecule has 0 aromatic carbocycles. The number of carboxylic acid groups (broad SMARTS) is 1. The second-order valence-electron chi connectivity index (χ2n) is 2.95. The molecule has 0 aliphatic rings. The van der Waals surface area contributed by atoms with Crippen molar-refractivity contribution in [3.63, 3.8) is 0 Å². The molecule has 0 aromatic heterocycles. The van der Waals surface area contributed by atoms with E-state index in [4.69, 9.17) is 5.11 Å². The van der Waals surface area contributed by atoms with Gasteiger partial charge in [0.05, 0.1) is 0 Å². The van der Waals surface area contributed by atoms with E-state index in [1.54, 1.807) is 6.08 Å². The van der Waals surface area contributed by atoms with Gasteiger partial charge in [-0.15, -0.1) is 0 Å². The first-order valence-electron chi connectivity index (χ1n) is 3.97. The van der Waals surface area contributed by atoms with Crippen molar-refractivity contribution in [2.75, 3.05) is 0 Å². The molecule has 0 saturated carbocycles. The highest BCUT2D eigenvalue weighted by Gasteiger charge is 2.18. The minimum absolute atomic E-state index is 0.219. The van der Waals surface area contributed by atoms with E-state index in [1.165, 1.54) is 6.92 Å². The van der Waals surface area contributed by atoms with Crippen LogP contribution in [0.1, 0.15) is 27.2 Å². The van der Waals surface area contributed by atoms with Crippen molar-refractivity contribution in [1.29, 1.82) is 0 Å². The summed E-state index contributed by atoms with van der Waals surface area (Å²) < 4.78 is 4.58. The van der Waals surface area contributed by atoms with Crippen molar-refractivity contribution in [3.05, 3.63) is 11.6 Å². The molecule has 0 amide bonds. The zero-order valence-corrected chi connectivity index (χ0v) is 8.03. The van der Waals surface area contributed by atoms with Crippen LogP contribution in [-0.4, -0.2) is 23.1 Å². The Bertz CT molecular complexity index is 226. The lowest BCUT2D eigenvalue weighted by atomic mass is 10.2. The number of carbonyl (C=O) groups is 2. The number of allylic oxidation sites excluding steroid dienone is 1. The molecule has 1 N–H and O–H groups in total. The molecule has 0 heterocycles. The van der Waals surface area contributed by atoms with E-state index < -0.39 is 18.0 Å². The van der Waals surface area contributed by atoms with Crippen LogP contribution >= 0.6 is 0 Å². The van der Waals surface area contributed by atoms with Gasteiger partial charge in [-0.2, -0.15) is 0 Å². The Kier molecular flexibility index (Phi) is 4.80. The Hall–Kier alpha value is -1.32. The van der Waals surface area contributed by atoms with Crippen molar-refractivity contribution in [2.24, 2.45) is 0 Å². The molecule has 13 heavy (non-hydrogen) atoms. The van der Waals surface area contributed by atoms with Crippen LogP contribution in [0.3, 0.4) is 0 Å². The highest BCUT2D eigenvalue weighted by molar-refractivity contribution is 5.77. The van der Waals surface area contributed by atoms with Gasteiger partial charge in [0.1, 0.15) is 0 Å². The molecule has 0 aromatic rings. The topological polar surface area (TPSA) is 63.6 Å². The third-order valence-corrected chi connectivity index (χ3v) is 1.32. The number of carboxylic acids is 1. The fraction of sp³-hybridized carbons (Fsp3) is 0.556. The van der Waals surface area contributed by atoms with Crippen molar-refractivity contribution in [1.82, 2.24) is 0 Å². The van der Waals surface area contributed by atoms with Crippen LogP contribution in [0.25, 0.3) is 0 Å². The number of esters is 1. The molecule has 0 radical (unpaired) electrons. The summed E-state index contributed by atoms with van der Waals surface area (Å²) in [6.45, 7) is 4.90. The van der Waals surface area contributed by atoms with E-state index in [0.29, 0.717) is 0 Å². The van der Waals surface area contributed by atoms with Gasteiger partial charge in [-0.05, 0) is 13.8 Å². The Labute approximate surface area is 77.2 Å². The molecular weight excluding hydrogens is 172 g/mol. The summed E-state index contributed by atoms with van der Waals surface area (Å²) in [4.78, 5) is 21.0. The van der Waals surface area contributed by atoms with Crippen LogP contribution in [-0.2, 0) is 14.3 Å². The lowest BCUT2D eigenvalue weighted by Gasteiger charge is -2.09. The van der Waals surface area contributed by atoms with Gasteiger partial charge in [0.2, 0.25) is 6.10 Å². The van der Waals surface area contributed by atoms with Gasteiger partial charge in [-0.25, -0.2) is 4.79 Å². The first kappa shape index (κ1) is 11.7. The molecule has 0 fully saturated rings. The quantitative estimate of drug-likeness (QED) is 0.531. The summed E-state index contributed by atoms with van der Waals surface area (Å²) in [5.41, 5.74) is 0.999.